The lowest BCUT2D eigenvalue weighted by Gasteiger charge is -2.50. The van der Waals surface area contributed by atoms with Gasteiger partial charge >= 0.3 is 5.97 Å². The molecule has 3 unspecified atom stereocenters. The van der Waals surface area contributed by atoms with E-state index < -0.39 is 18.1 Å². The molecule has 12 nitrogen and oxygen atoms in total. The van der Waals surface area contributed by atoms with Crippen molar-refractivity contribution in [3.63, 3.8) is 0 Å². The fourth-order valence-electron chi connectivity index (χ4n) is 4.71. The number of nitrogens with two attached hydrogens (primary N) is 2. The highest BCUT2D eigenvalue weighted by Gasteiger charge is 2.49. The van der Waals surface area contributed by atoms with E-state index in [4.69, 9.17) is 30.6 Å². The summed E-state index contributed by atoms with van der Waals surface area (Å²) < 4.78 is 10.7. The predicted octanol–water partition coefficient (Wildman–Crippen LogP) is 6.55. The molecular formula is C38H60N6O6S2. The number of rotatable bonds is 12. The number of fused-ring (bicyclic) bond motifs is 1. The lowest BCUT2D eigenvalue weighted by Crippen LogP contribution is -2.66. The second kappa shape index (κ2) is 26.1. The van der Waals surface area contributed by atoms with Crippen LogP contribution in [0.1, 0.15) is 78.0 Å². The maximum Gasteiger partial charge on any atom is 0.357 e. The molecule has 290 valence electrons. The molecule has 0 saturated carbocycles. The molecule has 3 aliphatic heterocycles. The Bertz CT molecular complexity index is 1450. The van der Waals surface area contributed by atoms with Gasteiger partial charge in [-0.2, -0.15) is 0 Å². The Kier molecular flexibility index (Phi) is 23.3. The van der Waals surface area contributed by atoms with Gasteiger partial charge in [-0.25, -0.2) is 14.7 Å². The Morgan fingerprint density at radius 1 is 1.06 bits per heavy atom. The number of nitrogens with one attached hydrogen (secondary N) is 2. The van der Waals surface area contributed by atoms with E-state index in [2.05, 4.69) is 53.9 Å². The standard InChI is InChI=1S/C21H26N6O6S2.C11H16.3C2H6/c1-30-13-5-3-11(4-6-13)8-32-20(29)16-12(7-22)9-34-19-18(33-27(16)19)25-17(28)15(26-31-2)14-10-35-21(23)24-14;1-3-4-8-11-9-6-5-7-10(11)2;3*1-2/h3-6,10,18-19,21,24H,7-9,22-23H2,1-2H3,(H,25,28);5-7,9H,3-4,8H2,1-2H3;3*1-2H3/b26-15-;;;;. The van der Waals surface area contributed by atoms with E-state index in [1.54, 1.807) is 24.7 Å². The summed E-state index contributed by atoms with van der Waals surface area (Å²) in [7, 11) is 2.93. The van der Waals surface area contributed by atoms with Gasteiger partial charge in [-0.05, 0) is 54.2 Å². The average Bonchev–Trinajstić information content (AvgIpc) is 3.62. The summed E-state index contributed by atoms with van der Waals surface area (Å²) in [5, 5.41) is 12.3. The van der Waals surface area contributed by atoms with E-state index in [0.717, 1.165) is 5.56 Å². The van der Waals surface area contributed by atoms with Crippen molar-refractivity contribution in [1.29, 1.82) is 0 Å². The molecule has 6 N–H and O–H groups in total. The zero-order valence-electron chi connectivity index (χ0n) is 32.5. The van der Waals surface area contributed by atoms with Gasteiger partial charge in [0.1, 0.15) is 30.3 Å². The summed E-state index contributed by atoms with van der Waals surface area (Å²) in [6.45, 7) is 16.7. The Balaban J connectivity index is 0.000000667. The second-order valence-corrected chi connectivity index (χ2v) is 12.6. The van der Waals surface area contributed by atoms with Crippen molar-refractivity contribution >= 4 is 41.1 Å². The highest BCUT2D eigenvalue weighted by Crippen LogP contribution is 2.40. The first kappa shape index (κ1) is 46.3. The van der Waals surface area contributed by atoms with Gasteiger partial charge in [-0.15, -0.1) is 11.8 Å². The van der Waals surface area contributed by atoms with Crippen LogP contribution in [0.3, 0.4) is 0 Å². The maximum absolute atomic E-state index is 12.9. The van der Waals surface area contributed by atoms with Crippen LogP contribution in [0.25, 0.3) is 0 Å². The summed E-state index contributed by atoms with van der Waals surface area (Å²) in [6.07, 6.45) is 3.14. The van der Waals surface area contributed by atoms with Gasteiger partial charge in [-0.1, -0.05) is 108 Å². The normalized spacial score (nSPS) is 18.3. The zero-order valence-corrected chi connectivity index (χ0v) is 34.1. The van der Waals surface area contributed by atoms with Crippen molar-refractivity contribution < 1.29 is 28.7 Å². The number of nitrogens with zero attached hydrogens (tertiary/aromatic N) is 2. The lowest BCUT2D eigenvalue weighted by atomic mass is 10.0. The topological polar surface area (TPSA) is 163 Å². The number of esters is 1. The van der Waals surface area contributed by atoms with E-state index >= 15 is 0 Å². The van der Waals surface area contributed by atoms with Crippen molar-refractivity contribution in [3.8, 4) is 5.75 Å². The van der Waals surface area contributed by atoms with Gasteiger partial charge in [-0.3, -0.25) is 4.79 Å². The first-order valence-corrected chi connectivity index (χ1v) is 19.9. The van der Waals surface area contributed by atoms with Crippen molar-refractivity contribution in [1.82, 2.24) is 15.7 Å². The van der Waals surface area contributed by atoms with E-state index in [-0.39, 0.29) is 35.4 Å². The van der Waals surface area contributed by atoms with Gasteiger partial charge in [0.05, 0.1) is 12.8 Å². The summed E-state index contributed by atoms with van der Waals surface area (Å²) in [6, 6.07) is 15.8. The van der Waals surface area contributed by atoms with E-state index in [0.29, 0.717) is 22.8 Å². The Hall–Kier alpha value is -3.69. The number of amides is 1. The number of hydrogen-bond acceptors (Lipinski definition) is 13. The van der Waals surface area contributed by atoms with Crippen LogP contribution in [0, 0.1) is 6.92 Å². The fraction of sp³-hybridized carbons (Fsp3) is 0.500. The van der Waals surface area contributed by atoms with Crippen LogP contribution in [0.5, 0.6) is 5.75 Å². The van der Waals surface area contributed by atoms with Crippen LogP contribution in [0.15, 0.2) is 76.1 Å². The molecule has 3 atom stereocenters. The highest BCUT2D eigenvalue weighted by atomic mass is 32.2. The number of thioether (sulfide) groups is 2. The number of oxime groups is 1. The van der Waals surface area contributed by atoms with Crippen molar-refractivity contribution in [3.05, 3.63) is 87.6 Å². The minimum absolute atomic E-state index is 0.0353. The molecule has 0 bridgehead atoms. The monoisotopic (exact) mass is 760 g/mol. The number of benzene rings is 2. The number of hydrogen-bond donors (Lipinski definition) is 4. The Morgan fingerprint density at radius 2 is 1.73 bits per heavy atom. The summed E-state index contributed by atoms with van der Waals surface area (Å²) in [4.78, 5) is 36.4. The molecule has 1 saturated heterocycles. The van der Waals surface area contributed by atoms with Gasteiger partial charge in [0.2, 0.25) is 0 Å². The van der Waals surface area contributed by atoms with Gasteiger partial charge < -0.3 is 36.4 Å². The summed E-state index contributed by atoms with van der Waals surface area (Å²) >= 11 is 2.81. The summed E-state index contributed by atoms with van der Waals surface area (Å²) in [5.74, 6) is 0.146. The van der Waals surface area contributed by atoms with Crippen molar-refractivity contribution in [2.45, 2.75) is 98.4 Å². The fourth-order valence-corrected chi connectivity index (χ4v) is 6.58. The molecule has 3 heterocycles. The van der Waals surface area contributed by atoms with Crippen LogP contribution < -0.4 is 26.8 Å². The lowest BCUT2D eigenvalue weighted by molar-refractivity contribution is -0.297. The molecule has 0 aliphatic carbocycles. The Morgan fingerprint density at radius 3 is 2.29 bits per heavy atom. The Labute approximate surface area is 319 Å². The number of unbranched alkanes of at least 4 members (excludes halogenated alkanes) is 1. The van der Waals surface area contributed by atoms with Crippen LogP contribution in [-0.4, -0.2) is 66.3 Å². The molecule has 1 amide bonds. The molecule has 0 spiro atoms. The first-order valence-electron chi connectivity index (χ1n) is 17.9. The number of ether oxygens (including phenoxy) is 2. The third-order valence-corrected chi connectivity index (χ3v) is 9.37. The van der Waals surface area contributed by atoms with Gasteiger partial charge in [0.25, 0.3) is 5.91 Å². The smallest absolute Gasteiger partial charge is 0.357 e. The van der Waals surface area contributed by atoms with Crippen LogP contribution >= 0.6 is 23.5 Å². The predicted molar refractivity (Wildman–Crippen MR) is 215 cm³/mol. The molecule has 3 aliphatic rings. The molecule has 0 radical (unpaired) electrons. The number of hydroxylamine groups is 2. The minimum Gasteiger partial charge on any atom is -0.497 e. The van der Waals surface area contributed by atoms with Crippen molar-refractivity contribution in [2.75, 3.05) is 26.5 Å². The molecule has 52 heavy (non-hydrogen) atoms. The molecule has 14 heteroatoms. The highest BCUT2D eigenvalue weighted by molar-refractivity contribution is 8.02. The van der Waals surface area contributed by atoms with E-state index in [1.165, 1.54) is 66.1 Å². The van der Waals surface area contributed by atoms with Crippen molar-refractivity contribution in [2.24, 2.45) is 16.6 Å². The molecule has 5 rings (SSSR count). The largest absolute Gasteiger partial charge is 0.497 e. The SMILES string of the molecule is CC.CC.CC.CCCCc1ccccc1C.CO/N=C(\C(=O)NC1ON2C(C(=O)OCc3ccc(OC)cc3)=C(CN)CSC12)C1=CSC(N)N1. The van der Waals surface area contributed by atoms with Gasteiger partial charge in [0, 0.05) is 17.7 Å². The quantitative estimate of drug-likeness (QED) is 0.105. The third-order valence-electron chi connectivity index (χ3n) is 7.29. The third kappa shape index (κ3) is 13.7. The number of aryl methyl sites for hydroxylation is 2. The number of methoxy groups -OCH3 is 1. The van der Waals surface area contributed by atoms with Crippen LogP contribution in [0.4, 0.5) is 0 Å². The van der Waals surface area contributed by atoms with Gasteiger partial charge in [0.15, 0.2) is 17.6 Å². The molecule has 2 aromatic carbocycles. The number of carbonyl (C=O) groups is 2. The first-order chi connectivity index (χ1) is 25.3. The van der Waals surface area contributed by atoms with Crippen LogP contribution in [-0.2, 0) is 37.0 Å². The second-order valence-electron chi connectivity index (χ2n) is 10.5. The van der Waals surface area contributed by atoms with E-state index in [9.17, 15) is 9.59 Å². The molecule has 2 aromatic rings. The average molecular weight is 761 g/mol. The zero-order chi connectivity index (χ0) is 39.1. The molecular weight excluding hydrogens is 701 g/mol. The molecule has 1 fully saturated rings. The summed E-state index contributed by atoms with van der Waals surface area (Å²) in [5.41, 5.74) is 16.5. The minimum atomic E-state index is -0.693. The van der Waals surface area contributed by atoms with Crippen LogP contribution in [0.2, 0.25) is 0 Å². The maximum atomic E-state index is 12.9. The molecule has 0 aromatic heterocycles. The number of carbonyl (C=O) groups excluding carboxylic acids is 2. The van der Waals surface area contributed by atoms with E-state index in [1.807, 2.05) is 53.7 Å².